The van der Waals surface area contributed by atoms with E-state index in [-0.39, 0.29) is 29.5 Å². The van der Waals surface area contributed by atoms with Crippen LogP contribution in [0.3, 0.4) is 0 Å². The second-order valence-corrected chi connectivity index (χ2v) is 6.35. The quantitative estimate of drug-likeness (QED) is 0.634. The monoisotopic (exact) mass is 412 g/mol. The van der Waals surface area contributed by atoms with Crippen molar-refractivity contribution in [2.75, 3.05) is 6.61 Å². The largest absolute Gasteiger partial charge is 0.489 e. The SMILES string of the molecule is CCOC(=O)C1=Cc2cc(Cl)c(COc3ccccc3)cc2OC1C(F)(F)F. The van der Waals surface area contributed by atoms with Gasteiger partial charge in [-0.1, -0.05) is 29.8 Å². The Hall–Kier alpha value is -2.67. The molecule has 8 heteroatoms. The van der Waals surface area contributed by atoms with E-state index in [4.69, 9.17) is 25.8 Å². The number of esters is 1. The summed E-state index contributed by atoms with van der Waals surface area (Å²) in [7, 11) is 0. The fraction of sp³-hybridized carbons (Fsp3) is 0.250. The molecular formula is C20H16ClF3O4. The highest BCUT2D eigenvalue weighted by Crippen LogP contribution is 2.39. The Balaban J connectivity index is 1.91. The molecule has 0 N–H and O–H groups in total. The van der Waals surface area contributed by atoms with E-state index >= 15 is 0 Å². The number of halogens is 4. The average molecular weight is 413 g/mol. The van der Waals surface area contributed by atoms with Gasteiger partial charge in [0.25, 0.3) is 0 Å². The van der Waals surface area contributed by atoms with Crippen LogP contribution in [0.25, 0.3) is 6.08 Å². The zero-order valence-electron chi connectivity index (χ0n) is 14.8. The molecule has 3 rings (SSSR count). The molecule has 0 radical (unpaired) electrons. The highest BCUT2D eigenvalue weighted by molar-refractivity contribution is 6.31. The number of ether oxygens (including phenoxy) is 3. The fourth-order valence-electron chi connectivity index (χ4n) is 2.67. The van der Waals surface area contributed by atoms with Crippen molar-refractivity contribution in [1.29, 1.82) is 0 Å². The van der Waals surface area contributed by atoms with Gasteiger partial charge in [-0.25, -0.2) is 4.79 Å². The maximum Gasteiger partial charge on any atom is 0.430 e. The van der Waals surface area contributed by atoms with Gasteiger partial charge in [-0.05, 0) is 37.3 Å². The van der Waals surface area contributed by atoms with Gasteiger partial charge < -0.3 is 14.2 Å². The van der Waals surface area contributed by atoms with Crippen LogP contribution in [0.2, 0.25) is 5.02 Å². The van der Waals surface area contributed by atoms with Crippen LogP contribution in [-0.4, -0.2) is 24.9 Å². The van der Waals surface area contributed by atoms with E-state index in [1.807, 2.05) is 6.07 Å². The minimum absolute atomic E-state index is 0.0357. The van der Waals surface area contributed by atoms with Crippen molar-refractivity contribution in [3.63, 3.8) is 0 Å². The smallest absolute Gasteiger partial charge is 0.430 e. The van der Waals surface area contributed by atoms with Crippen molar-refractivity contribution in [2.24, 2.45) is 0 Å². The normalized spacial score (nSPS) is 15.9. The zero-order valence-corrected chi connectivity index (χ0v) is 15.5. The Bertz CT molecular complexity index is 894. The number of benzene rings is 2. The van der Waals surface area contributed by atoms with Gasteiger partial charge in [-0.2, -0.15) is 13.2 Å². The van der Waals surface area contributed by atoms with Crippen LogP contribution in [0.5, 0.6) is 11.5 Å². The summed E-state index contributed by atoms with van der Waals surface area (Å²) in [4.78, 5) is 12.0. The minimum Gasteiger partial charge on any atom is -0.489 e. The summed E-state index contributed by atoms with van der Waals surface area (Å²) in [6.07, 6.45) is -6.10. The molecule has 28 heavy (non-hydrogen) atoms. The molecule has 4 nitrogen and oxygen atoms in total. The van der Waals surface area contributed by atoms with Crippen LogP contribution >= 0.6 is 11.6 Å². The predicted molar refractivity (Wildman–Crippen MR) is 97.3 cm³/mol. The zero-order chi connectivity index (χ0) is 20.3. The Morgan fingerprint density at radius 2 is 1.93 bits per heavy atom. The number of hydrogen-bond donors (Lipinski definition) is 0. The third kappa shape index (κ3) is 4.42. The van der Waals surface area contributed by atoms with E-state index in [2.05, 4.69) is 0 Å². The molecule has 0 spiro atoms. The second kappa shape index (κ2) is 8.14. The third-order valence-corrected chi connectivity index (χ3v) is 4.31. The second-order valence-electron chi connectivity index (χ2n) is 5.94. The van der Waals surface area contributed by atoms with Crippen molar-refractivity contribution in [3.8, 4) is 11.5 Å². The van der Waals surface area contributed by atoms with Gasteiger partial charge in [0.1, 0.15) is 18.1 Å². The summed E-state index contributed by atoms with van der Waals surface area (Å²) in [6, 6.07) is 11.7. The molecular weight excluding hydrogens is 397 g/mol. The van der Waals surface area contributed by atoms with Crippen molar-refractivity contribution in [1.82, 2.24) is 0 Å². The lowest BCUT2D eigenvalue weighted by Gasteiger charge is -2.28. The Kier molecular flexibility index (Phi) is 5.84. The molecule has 0 aliphatic carbocycles. The van der Waals surface area contributed by atoms with Crippen LogP contribution in [0.4, 0.5) is 13.2 Å². The van der Waals surface area contributed by atoms with Gasteiger partial charge in [0.15, 0.2) is 0 Å². The Morgan fingerprint density at radius 1 is 1.21 bits per heavy atom. The summed E-state index contributed by atoms with van der Waals surface area (Å²) in [6.45, 7) is 1.50. The molecule has 0 fully saturated rings. The summed E-state index contributed by atoms with van der Waals surface area (Å²) in [5.41, 5.74) is 0.0985. The summed E-state index contributed by atoms with van der Waals surface area (Å²) in [5, 5.41) is 0.281. The first kappa shape index (κ1) is 20.1. The average Bonchev–Trinajstić information content (AvgIpc) is 2.65. The van der Waals surface area contributed by atoms with Crippen LogP contribution < -0.4 is 9.47 Å². The van der Waals surface area contributed by atoms with Crippen molar-refractivity contribution >= 4 is 23.6 Å². The van der Waals surface area contributed by atoms with Crippen molar-refractivity contribution < 1.29 is 32.2 Å². The summed E-state index contributed by atoms with van der Waals surface area (Å²) >= 11 is 6.24. The van der Waals surface area contributed by atoms with Crippen molar-refractivity contribution in [2.45, 2.75) is 25.8 Å². The van der Waals surface area contributed by atoms with E-state index < -0.39 is 23.8 Å². The molecule has 2 aromatic rings. The third-order valence-electron chi connectivity index (χ3n) is 3.96. The highest BCUT2D eigenvalue weighted by atomic mass is 35.5. The van der Waals surface area contributed by atoms with E-state index in [9.17, 15) is 18.0 Å². The number of fused-ring (bicyclic) bond motifs is 1. The van der Waals surface area contributed by atoms with Gasteiger partial charge in [-0.3, -0.25) is 0 Å². The minimum atomic E-state index is -4.78. The number of carbonyl (C=O) groups excluding carboxylic acids is 1. The standard InChI is InChI=1S/C20H16ClF3O4/c1-2-26-19(25)15-8-12-9-16(21)13(11-27-14-6-4-3-5-7-14)10-17(12)28-18(15)20(22,23)24/h3-10,18H,2,11H2,1H3. The van der Waals surface area contributed by atoms with E-state index in [0.717, 1.165) is 6.08 Å². The molecule has 1 aliphatic rings. The Morgan fingerprint density at radius 3 is 2.57 bits per heavy atom. The molecule has 0 amide bonds. The number of rotatable bonds is 5. The summed E-state index contributed by atoms with van der Waals surface area (Å²) in [5.74, 6) is -0.524. The lowest BCUT2D eigenvalue weighted by atomic mass is 10.00. The van der Waals surface area contributed by atoms with Crippen LogP contribution in [0.1, 0.15) is 18.1 Å². The van der Waals surface area contributed by atoms with Gasteiger partial charge in [0.2, 0.25) is 6.10 Å². The molecule has 0 saturated heterocycles. The maximum atomic E-state index is 13.4. The number of carbonyl (C=O) groups is 1. The molecule has 1 heterocycles. The highest BCUT2D eigenvalue weighted by Gasteiger charge is 2.48. The van der Waals surface area contributed by atoms with E-state index in [1.54, 1.807) is 24.3 Å². The lowest BCUT2D eigenvalue weighted by Crippen LogP contribution is -2.40. The first-order chi connectivity index (χ1) is 13.3. The van der Waals surface area contributed by atoms with Crippen LogP contribution in [0.15, 0.2) is 48.0 Å². The van der Waals surface area contributed by atoms with Gasteiger partial charge in [-0.15, -0.1) is 0 Å². The molecule has 2 aromatic carbocycles. The maximum absolute atomic E-state index is 13.4. The number of alkyl halides is 3. The van der Waals surface area contributed by atoms with Gasteiger partial charge >= 0.3 is 12.1 Å². The van der Waals surface area contributed by atoms with Crippen LogP contribution in [0, 0.1) is 0 Å². The number of hydrogen-bond acceptors (Lipinski definition) is 4. The number of para-hydroxylation sites is 1. The molecule has 1 unspecified atom stereocenters. The Labute approximate surface area is 164 Å². The molecule has 1 aliphatic heterocycles. The van der Waals surface area contributed by atoms with Crippen molar-refractivity contribution in [3.05, 3.63) is 64.2 Å². The molecule has 0 aromatic heterocycles. The van der Waals surface area contributed by atoms with E-state index in [0.29, 0.717) is 11.3 Å². The lowest BCUT2D eigenvalue weighted by molar-refractivity contribution is -0.187. The first-order valence-corrected chi connectivity index (χ1v) is 8.79. The molecule has 1 atom stereocenters. The van der Waals surface area contributed by atoms with Gasteiger partial charge in [0, 0.05) is 16.1 Å². The summed E-state index contributed by atoms with van der Waals surface area (Å²) < 4.78 is 55.7. The van der Waals surface area contributed by atoms with Crippen LogP contribution in [-0.2, 0) is 16.1 Å². The molecule has 148 valence electrons. The topological polar surface area (TPSA) is 44.8 Å². The van der Waals surface area contributed by atoms with Gasteiger partial charge in [0.05, 0.1) is 12.2 Å². The fourth-order valence-corrected chi connectivity index (χ4v) is 2.90. The van der Waals surface area contributed by atoms with E-state index in [1.165, 1.54) is 19.1 Å². The molecule has 0 bridgehead atoms. The first-order valence-electron chi connectivity index (χ1n) is 8.42. The molecule has 0 saturated carbocycles. The predicted octanol–water partition coefficient (Wildman–Crippen LogP) is 5.19.